The van der Waals surface area contributed by atoms with Gasteiger partial charge in [-0.1, -0.05) is 189 Å². The van der Waals surface area contributed by atoms with Crippen molar-refractivity contribution in [3.05, 3.63) is 0 Å². The highest BCUT2D eigenvalue weighted by molar-refractivity contribution is 14.1. The van der Waals surface area contributed by atoms with E-state index in [4.69, 9.17) is 0 Å². The van der Waals surface area contributed by atoms with E-state index in [0.717, 1.165) is 57.7 Å². The molecule has 0 aromatic carbocycles. The van der Waals surface area contributed by atoms with E-state index in [1.165, 1.54) is 161 Å². The average molecular weight is 853 g/mol. The molecule has 1 N–H and O–H groups in total. The lowest BCUT2D eigenvalue weighted by molar-refractivity contribution is -0.0868. The van der Waals surface area contributed by atoms with Crippen molar-refractivity contribution in [2.24, 2.45) is 69.5 Å². The van der Waals surface area contributed by atoms with Crippen molar-refractivity contribution in [1.82, 2.24) is 0 Å². The topological polar surface area (TPSA) is 20.2 Å². The molecule has 0 heterocycles. The zero-order valence-electron chi connectivity index (χ0n) is 38.1. The lowest BCUT2D eigenvalue weighted by Crippen LogP contribution is -2.48. The molecule has 53 heavy (non-hydrogen) atoms. The van der Waals surface area contributed by atoms with Crippen molar-refractivity contribution in [2.45, 2.75) is 253 Å². The predicted molar refractivity (Wildman–Crippen MR) is 245 cm³/mol. The minimum Gasteiger partial charge on any atom is -0.393 e. The molecule has 0 radical (unpaired) electrons. The summed E-state index contributed by atoms with van der Waals surface area (Å²) in [6, 6.07) is 0. The normalized spacial score (nSPS) is 31.9. The molecule has 3 aliphatic carbocycles. The van der Waals surface area contributed by atoms with Crippen LogP contribution in [0.15, 0.2) is 0 Å². The molecule has 7 atom stereocenters. The summed E-state index contributed by atoms with van der Waals surface area (Å²) in [7, 11) is 0. The SMILES string of the molecule is CC(CCC1CCC(I)CC1)CC(CCC(C)(C)C)C[C@H](C)CC1CCC(CCC(CCCC(O)C2(C)CCCCCC[C@@H](C)C2(C)C)C(C)C)CC1. The highest BCUT2D eigenvalue weighted by Gasteiger charge is 2.48. The Morgan fingerprint density at radius 2 is 1.23 bits per heavy atom. The third-order valence-corrected chi connectivity index (χ3v) is 18.0. The van der Waals surface area contributed by atoms with E-state index < -0.39 is 0 Å². The van der Waals surface area contributed by atoms with Crippen LogP contribution < -0.4 is 0 Å². The molecular weight excluding hydrogens is 755 g/mol. The van der Waals surface area contributed by atoms with E-state index in [1.807, 2.05) is 0 Å². The van der Waals surface area contributed by atoms with Crippen LogP contribution in [0.3, 0.4) is 0 Å². The Morgan fingerprint density at radius 1 is 0.660 bits per heavy atom. The summed E-state index contributed by atoms with van der Waals surface area (Å²) in [5.41, 5.74) is 0.669. The first-order chi connectivity index (χ1) is 24.9. The van der Waals surface area contributed by atoms with Gasteiger partial charge < -0.3 is 5.11 Å². The molecule has 3 aliphatic rings. The maximum absolute atomic E-state index is 11.8. The van der Waals surface area contributed by atoms with Crippen molar-refractivity contribution in [2.75, 3.05) is 0 Å². The van der Waals surface area contributed by atoms with Gasteiger partial charge in [0.05, 0.1) is 6.10 Å². The van der Waals surface area contributed by atoms with Crippen molar-refractivity contribution >= 4 is 22.6 Å². The number of alkyl halides is 1. The van der Waals surface area contributed by atoms with Crippen LogP contribution in [-0.4, -0.2) is 15.1 Å². The Balaban J connectivity index is 1.40. The molecule has 1 nitrogen and oxygen atoms in total. The molecule has 5 unspecified atom stereocenters. The van der Waals surface area contributed by atoms with Gasteiger partial charge in [-0.25, -0.2) is 0 Å². The molecule has 3 fully saturated rings. The van der Waals surface area contributed by atoms with Gasteiger partial charge in [0.1, 0.15) is 0 Å². The summed E-state index contributed by atoms with van der Waals surface area (Å²) in [6.07, 6.45) is 36.2. The largest absolute Gasteiger partial charge is 0.393 e. The Labute approximate surface area is 348 Å². The fraction of sp³-hybridized carbons (Fsp3) is 1.00. The highest BCUT2D eigenvalue weighted by atomic mass is 127. The third-order valence-electron chi connectivity index (χ3n) is 16.8. The molecule has 3 saturated carbocycles. The van der Waals surface area contributed by atoms with Gasteiger partial charge in [0.15, 0.2) is 0 Å². The van der Waals surface area contributed by atoms with E-state index in [2.05, 4.69) is 98.8 Å². The Morgan fingerprint density at radius 3 is 1.85 bits per heavy atom. The second-order valence-corrected chi connectivity index (χ2v) is 24.7. The fourth-order valence-electron chi connectivity index (χ4n) is 11.9. The van der Waals surface area contributed by atoms with E-state index in [-0.39, 0.29) is 16.9 Å². The highest BCUT2D eigenvalue weighted by Crippen LogP contribution is 2.53. The summed E-state index contributed by atoms with van der Waals surface area (Å²) in [6.45, 7) is 27.4. The summed E-state index contributed by atoms with van der Waals surface area (Å²) in [4.78, 5) is 0. The zero-order valence-corrected chi connectivity index (χ0v) is 40.2. The van der Waals surface area contributed by atoms with Gasteiger partial charge >= 0.3 is 0 Å². The summed E-state index contributed by atoms with van der Waals surface area (Å²) < 4.78 is 0.949. The predicted octanol–water partition coefficient (Wildman–Crippen LogP) is 17.1. The van der Waals surface area contributed by atoms with Gasteiger partial charge in [0.25, 0.3) is 0 Å². The number of halogens is 1. The Bertz CT molecular complexity index is 948. The third kappa shape index (κ3) is 16.8. The first-order valence-electron chi connectivity index (χ1n) is 24.2. The van der Waals surface area contributed by atoms with E-state index in [9.17, 15) is 5.11 Å². The number of hydrogen-bond donors (Lipinski definition) is 1. The summed E-state index contributed by atoms with van der Waals surface area (Å²) >= 11 is 2.69. The van der Waals surface area contributed by atoms with Crippen molar-refractivity contribution < 1.29 is 5.11 Å². The molecule has 0 spiro atoms. The number of rotatable bonds is 20. The molecular formula is C51H97IO. The van der Waals surface area contributed by atoms with Gasteiger partial charge in [-0.2, -0.15) is 0 Å². The fourth-order valence-corrected chi connectivity index (χ4v) is 12.6. The second-order valence-electron chi connectivity index (χ2n) is 23.0. The first-order valence-corrected chi connectivity index (χ1v) is 25.5. The maximum atomic E-state index is 11.8. The van der Waals surface area contributed by atoms with Crippen LogP contribution in [0.1, 0.15) is 243 Å². The number of aliphatic hydroxyl groups excluding tert-OH is 1. The number of aliphatic hydroxyl groups is 1. The van der Waals surface area contributed by atoms with E-state index in [0.29, 0.717) is 11.3 Å². The van der Waals surface area contributed by atoms with E-state index >= 15 is 0 Å². The van der Waals surface area contributed by atoms with Crippen molar-refractivity contribution in [1.29, 1.82) is 0 Å². The van der Waals surface area contributed by atoms with Crippen molar-refractivity contribution in [3.63, 3.8) is 0 Å². The lowest BCUT2D eigenvalue weighted by Gasteiger charge is -2.51. The minimum absolute atomic E-state index is 0.0268. The number of hydrogen-bond acceptors (Lipinski definition) is 1. The second kappa shape index (κ2) is 23.3. The quantitative estimate of drug-likeness (QED) is 0.0956. The van der Waals surface area contributed by atoms with Gasteiger partial charge in [-0.15, -0.1) is 0 Å². The lowest BCUT2D eigenvalue weighted by atomic mass is 9.55. The van der Waals surface area contributed by atoms with Crippen LogP contribution >= 0.6 is 22.6 Å². The van der Waals surface area contributed by atoms with Gasteiger partial charge in [-0.3, -0.25) is 0 Å². The van der Waals surface area contributed by atoms with Gasteiger partial charge in [0, 0.05) is 3.92 Å². The molecule has 0 aliphatic heterocycles. The summed E-state index contributed by atoms with van der Waals surface area (Å²) in [5.74, 6) is 7.91. The molecule has 0 amide bonds. The van der Waals surface area contributed by atoms with E-state index in [1.54, 1.807) is 0 Å². The van der Waals surface area contributed by atoms with Crippen molar-refractivity contribution in [3.8, 4) is 0 Å². The maximum Gasteiger partial charge on any atom is 0.0599 e. The standard InChI is InChI=1S/C51H97IO/c1-38(2)46(18-16-19-48(53)51(11)33-15-13-12-14-17-41(5)50(51,9)10)29-26-43-22-24-44(25-23-43)36-40(4)37-45(32-34-49(6,7)8)35-39(3)20-21-42-27-30-47(52)31-28-42/h38-48,53H,12-37H2,1-11H3/t39?,40-,41-,42?,43?,44?,45?,46?,47?,48?,51?/m1/s1. The molecule has 0 saturated heterocycles. The molecule has 2 heteroatoms. The summed E-state index contributed by atoms with van der Waals surface area (Å²) in [5, 5.41) is 11.8. The molecule has 0 bridgehead atoms. The first kappa shape index (κ1) is 48.1. The molecule has 0 aromatic heterocycles. The van der Waals surface area contributed by atoms with Crippen LogP contribution in [-0.2, 0) is 0 Å². The zero-order chi connectivity index (χ0) is 39.2. The van der Waals surface area contributed by atoms with Crippen LogP contribution in [0.2, 0.25) is 0 Å². The smallest absolute Gasteiger partial charge is 0.0599 e. The Hall–Kier alpha value is 0.690. The van der Waals surface area contributed by atoms with Crippen LogP contribution in [0.5, 0.6) is 0 Å². The molecule has 0 aromatic rings. The van der Waals surface area contributed by atoms with Crippen LogP contribution in [0, 0.1) is 69.5 Å². The monoisotopic (exact) mass is 853 g/mol. The molecule has 314 valence electrons. The average Bonchev–Trinajstić information content (AvgIpc) is 3.13. The van der Waals surface area contributed by atoms with Gasteiger partial charge in [0.2, 0.25) is 0 Å². The minimum atomic E-state index is -0.171. The van der Waals surface area contributed by atoms with Gasteiger partial charge in [-0.05, 0) is 147 Å². The van der Waals surface area contributed by atoms with Crippen LogP contribution in [0.4, 0.5) is 0 Å². The molecule has 3 rings (SSSR count). The van der Waals surface area contributed by atoms with Crippen LogP contribution in [0.25, 0.3) is 0 Å². The Kier molecular flexibility index (Phi) is 21.2.